The first-order valence-electron chi connectivity index (χ1n) is 10.7. The van der Waals surface area contributed by atoms with E-state index in [1.54, 1.807) is 18.2 Å². The van der Waals surface area contributed by atoms with Gasteiger partial charge in [0.2, 0.25) is 0 Å². The van der Waals surface area contributed by atoms with Crippen LogP contribution in [0.3, 0.4) is 0 Å². The van der Waals surface area contributed by atoms with Crippen LogP contribution in [0.2, 0.25) is 0 Å². The van der Waals surface area contributed by atoms with Crippen LogP contribution < -0.4 is 11.2 Å². The molecule has 1 aliphatic rings. The first kappa shape index (κ1) is 26.2. The molecule has 1 aromatic carbocycles. The highest BCUT2D eigenvalue weighted by Crippen LogP contribution is 2.41. The molecule has 0 amide bonds. The molecule has 2 aromatic rings. The minimum absolute atomic E-state index is 0.131. The number of H-pyrrole nitrogens is 1. The van der Waals surface area contributed by atoms with Gasteiger partial charge in [-0.25, -0.2) is 9.59 Å². The van der Waals surface area contributed by atoms with Crippen molar-refractivity contribution in [3.05, 3.63) is 78.9 Å². The zero-order chi connectivity index (χ0) is 26.5. The molecular formula is C22H23N5O9. The summed E-state index contributed by atoms with van der Waals surface area (Å²) in [4.78, 5) is 65.9. The van der Waals surface area contributed by atoms with Gasteiger partial charge in [-0.15, -0.1) is 0 Å². The molecule has 2 heterocycles. The molecule has 3 rings (SSSR count). The summed E-state index contributed by atoms with van der Waals surface area (Å²) >= 11 is 0. The molecule has 0 spiro atoms. The summed E-state index contributed by atoms with van der Waals surface area (Å²) in [6, 6.07) is 7.97. The lowest BCUT2D eigenvalue weighted by molar-refractivity contribution is -0.170. The highest BCUT2D eigenvalue weighted by Gasteiger charge is 2.60. The van der Waals surface area contributed by atoms with E-state index in [2.05, 4.69) is 15.0 Å². The Hall–Kier alpha value is -4.42. The zero-order valence-electron chi connectivity index (χ0n) is 19.6. The van der Waals surface area contributed by atoms with Crippen LogP contribution in [-0.4, -0.2) is 58.4 Å². The number of carbonyl (C=O) groups is 3. The van der Waals surface area contributed by atoms with Gasteiger partial charge in [0.05, 0.1) is 12.1 Å². The lowest BCUT2D eigenvalue weighted by atomic mass is 9.95. The number of hydrogen-bond donors (Lipinski definition) is 1. The fourth-order valence-electron chi connectivity index (χ4n) is 3.76. The second-order valence-electron chi connectivity index (χ2n) is 7.99. The van der Waals surface area contributed by atoms with Crippen molar-refractivity contribution >= 4 is 17.9 Å². The number of aromatic nitrogens is 2. The molecule has 0 aliphatic carbocycles. The predicted octanol–water partition coefficient (Wildman–Crippen LogP) is 1.14. The predicted molar refractivity (Wildman–Crippen MR) is 121 cm³/mol. The number of nitrogens with one attached hydrogen (secondary N) is 1. The number of aryl methyl sites for hydroxylation is 1. The van der Waals surface area contributed by atoms with Crippen LogP contribution in [0, 0.1) is 6.92 Å². The average Bonchev–Trinajstić information content (AvgIpc) is 3.11. The van der Waals surface area contributed by atoms with Gasteiger partial charge in [-0.3, -0.25) is 23.9 Å². The van der Waals surface area contributed by atoms with Crippen molar-refractivity contribution in [2.24, 2.45) is 5.11 Å². The van der Waals surface area contributed by atoms with E-state index in [0.29, 0.717) is 0 Å². The topological polar surface area (TPSA) is 192 Å². The van der Waals surface area contributed by atoms with E-state index in [0.717, 1.165) is 18.4 Å². The van der Waals surface area contributed by atoms with Crippen molar-refractivity contribution in [3.63, 3.8) is 0 Å². The van der Waals surface area contributed by atoms with Crippen molar-refractivity contribution in [1.29, 1.82) is 0 Å². The lowest BCUT2D eigenvalue weighted by Gasteiger charge is -2.32. The lowest BCUT2D eigenvalue weighted by Crippen LogP contribution is -2.52. The van der Waals surface area contributed by atoms with Crippen molar-refractivity contribution in [3.8, 4) is 0 Å². The molecule has 0 saturated carbocycles. The number of hydrogen-bond acceptors (Lipinski definition) is 10. The Morgan fingerprint density at radius 2 is 1.83 bits per heavy atom. The molecular weight excluding hydrogens is 478 g/mol. The fraction of sp³-hybridized carbons (Fsp3) is 0.409. The van der Waals surface area contributed by atoms with Crippen molar-refractivity contribution in [2.45, 2.75) is 44.8 Å². The molecule has 4 atom stereocenters. The molecule has 1 saturated heterocycles. The maximum absolute atomic E-state index is 12.6. The Labute approximate surface area is 203 Å². The Morgan fingerprint density at radius 1 is 1.17 bits per heavy atom. The summed E-state index contributed by atoms with van der Waals surface area (Å²) in [6.07, 6.45) is -3.20. The van der Waals surface area contributed by atoms with Gasteiger partial charge in [-0.05, 0) is 24.6 Å². The zero-order valence-corrected chi connectivity index (χ0v) is 19.6. The maximum Gasteiger partial charge on any atom is 0.338 e. The Kier molecular flexibility index (Phi) is 7.92. The molecule has 14 heteroatoms. The van der Waals surface area contributed by atoms with Gasteiger partial charge >= 0.3 is 23.6 Å². The van der Waals surface area contributed by atoms with Crippen LogP contribution in [0.25, 0.3) is 10.4 Å². The van der Waals surface area contributed by atoms with Crippen molar-refractivity contribution in [2.75, 3.05) is 13.2 Å². The van der Waals surface area contributed by atoms with Gasteiger partial charge in [0, 0.05) is 30.5 Å². The molecule has 36 heavy (non-hydrogen) atoms. The minimum Gasteiger partial charge on any atom is -0.459 e. The van der Waals surface area contributed by atoms with Crippen LogP contribution in [-0.2, 0) is 28.5 Å². The summed E-state index contributed by atoms with van der Waals surface area (Å²) in [6.45, 7) is 2.47. The van der Waals surface area contributed by atoms with Gasteiger partial charge < -0.3 is 18.9 Å². The molecule has 0 unspecified atom stereocenters. The summed E-state index contributed by atoms with van der Waals surface area (Å²) in [5.41, 5.74) is 5.90. The van der Waals surface area contributed by atoms with Crippen molar-refractivity contribution in [1.82, 2.24) is 9.55 Å². The second kappa shape index (κ2) is 10.9. The van der Waals surface area contributed by atoms with Gasteiger partial charge in [-0.2, -0.15) is 0 Å². The molecule has 1 aliphatic heterocycles. The molecule has 190 valence electrons. The van der Waals surface area contributed by atoms with E-state index in [1.807, 2.05) is 0 Å². The Morgan fingerprint density at radius 3 is 2.44 bits per heavy atom. The van der Waals surface area contributed by atoms with E-state index < -0.39 is 66.3 Å². The standard InChI is InChI=1S/C22H23N5O9/c1-12-9-27(21(32)25-18(12)30)19-16(34-13(2)28)17(35-14(3)29)22(36-19,10-24-26-23)11-33-20(31)15-7-5-4-6-8-15/h4-9,16-17,19H,10-11H2,1-3H3,(H,25,30,32)/t16-,17+,19-,22-/m1/s1. The highest BCUT2D eigenvalue weighted by molar-refractivity contribution is 5.89. The highest BCUT2D eigenvalue weighted by atomic mass is 16.7. The maximum atomic E-state index is 12.6. The second-order valence-corrected chi connectivity index (χ2v) is 7.99. The minimum atomic E-state index is -1.86. The van der Waals surface area contributed by atoms with Gasteiger partial charge in [-0.1, -0.05) is 23.3 Å². The van der Waals surface area contributed by atoms with Crippen molar-refractivity contribution < 1.29 is 33.3 Å². The van der Waals surface area contributed by atoms with Crippen LogP contribution in [0.15, 0.2) is 51.2 Å². The molecule has 0 radical (unpaired) electrons. The molecule has 1 fully saturated rings. The molecule has 1 N–H and O–H groups in total. The molecule has 0 bridgehead atoms. The van der Waals surface area contributed by atoms with E-state index in [-0.39, 0.29) is 11.1 Å². The smallest absolute Gasteiger partial charge is 0.338 e. The summed E-state index contributed by atoms with van der Waals surface area (Å²) in [7, 11) is 0. The van der Waals surface area contributed by atoms with E-state index >= 15 is 0 Å². The third-order valence-corrected chi connectivity index (χ3v) is 5.33. The number of ether oxygens (including phenoxy) is 4. The molecule has 1 aromatic heterocycles. The summed E-state index contributed by atoms with van der Waals surface area (Å²) < 4.78 is 23.2. The average molecular weight is 501 g/mol. The quantitative estimate of drug-likeness (QED) is 0.182. The van der Waals surface area contributed by atoms with E-state index in [9.17, 15) is 24.0 Å². The Balaban J connectivity index is 2.11. The summed E-state index contributed by atoms with van der Waals surface area (Å²) in [5, 5.41) is 3.52. The number of carbonyl (C=O) groups excluding carboxylic acids is 3. The Bertz CT molecular complexity index is 1320. The van der Waals surface area contributed by atoms with E-state index in [4.69, 9.17) is 24.5 Å². The first-order chi connectivity index (χ1) is 17.1. The number of aromatic amines is 1. The van der Waals surface area contributed by atoms with Gasteiger partial charge in [0.25, 0.3) is 5.56 Å². The SMILES string of the molecule is CC(=O)O[C@H]1[C@H](n2cc(C)c(=O)[nH]c2=O)O[C@](CN=[N+]=[N-])(COC(=O)c2ccccc2)[C@H]1OC(C)=O. The number of nitrogens with zero attached hydrogens (tertiary/aromatic N) is 4. The number of esters is 3. The third-order valence-electron chi connectivity index (χ3n) is 5.33. The van der Waals surface area contributed by atoms with Crippen LogP contribution in [0.4, 0.5) is 0 Å². The monoisotopic (exact) mass is 501 g/mol. The van der Waals surface area contributed by atoms with Gasteiger partial charge in [0.15, 0.2) is 24.0 Å². The molecule has 14 nitrogen and oxygen atoms in total. The number of rotatable bonds is 8. The van der Waals surface area contributed by atoms with Crippen LogP contribution >= 0.6 is 0 Å². The van der Waals surface area contributed by atoms with E-state index in [1.165, 1.54) is 25.3 Å². The number of azide groups is 1. The summed E-state index contributed by atoms with van der Waals surface area (Å²) in [5.74, 6) is -2.38. The van der Waals surface area contributed by atoms with Crippen LogP contribution in [0.1, 0.15) is 36.0 Å². The normalized spacial score (nSPS) is 22.8. The largest absolute Gasteiger partial charge is 0.459 e. The van der Waals surface area contributed by atoms with Gasteiger partial charge in [0.1, 0.15) is 6.61 Å². The fourth-order valence-corrected chi connectivity index (χ4v) is 3.76. The third kappa shape index (κ3) is 5.62. The van der Waals surface area contributed by atoms with Crippen LogP contribution in [0.5, 0.6) is 0 Å². The number of benzene rings is 1. The first-order valence-corrected chi connectivity index (χ1v) is 10.7.